The fourth-order valence-electron chi connectivity index (χ4n) is 2.44. The normalized spacial score (nSPS) is 10.4. The number of hydrogen-bond donors (Lipinski definition) is 2. The van der Waals surface area contributed by atoms with Gasteiger partial charge in [-0.15, -0.1) is 0 Å². The van der Waals surface area contributed by atoms with Crippen molar-refractivity contribution in [1.29, 1.82) is 0 Å². The average Bonchev–Trinajstić information content (AvgIpc) is 3.19. The zero-order valence-corrected chi connectivity index (χ0v) is 15.7. The molecule has 2 aromatic carbocycles. The van der Waals surface area contributed by atoms with Gasteiger partial charge in [-0.1, -0.05) is 29.3 Å². The first-order valence-electron chi connectivity index (χ1n) is 8.20. The van der Waals surface area contributed by atoms with E-state index < -0.39 is 0 Å². The molecule has 2 N–H and O–H groups in total. The van der Waals surface area contributed by atoms with Crippen LogP contribution in [0.15, 0.2) is 65.3 Å². The average molecular weight is 403 g/mol. The first-order chi connectivity index (χ1) is 13.0. The van der Waals surface area contributed by atoms with Crippen molar-refractivity contribution in [3.63, 3.8) is 0 Å². The van der Waals surface area contributed by atoms with Crippen molar-refractivity contribution in [1.82, 2.24) is 5.32 Å². The summed E-state index contributed by atoms with van der Waals surface area (Å²) in [5, 5.41) is 6.69. The number of amides is 2. The second kappa shape index (κ2) is 8.75. The number of anilines is 1. The maximum atomic E-state index is 12.2. The smallest absolute Gasteiger partial charge is 0.291 e. The molecule has 5 nitrogen and oxygen atoms in total. The van der Waals surface area contributed by atoms with Crippen molar-refractivity contribution in [2.45, 2.75) is 6.42 Å². The predicted molar refractivity (Wildman–Crippen MR) is 106 cm³/mol. The Morgan fingerprint density at radius 3 is 2.41 bits per heavy atom. The molecular weight excluding hydrogens is 387 g/mol. The van der Waals surface area contributed by atoms with Crippen LogP contribution in [0.3, 0.4) is 0 Å². The molecule has 0 atom stereocenters. The van der Waals surface area contributed by atoms with E-state index in [4.69, 9.17) is 27.6 Å². The van der Waals surface area contributed by atoms with Gasteiger partial charge in [0.15, 0.2) is 5.76 Å². The lowest BCUT2D eigenvalue weighted by molar-refractivity contribution is 0.0953. The molecule has 27 heavy (non-hydrogen) atoms. The van der Waals surface area contributed by atoms with Gasteiger partial charge in [-0.05, 0) is 60.5 Å². The molecule has 7 heteroatoms. The van der Waals surface area contributed by atoms with E-state index in [1.165, 1.54) is 6.26 Å². The molecule has 0 saturated heterocycles. The second-order valence-electron chi connectivity index (χ2n) is 5.75. The van der Waals surface area contributed by atoms with Gasteiger partial charge in [-0.25, -0.2) is 0 Å². The molecule has 0 saturated carbocycles. The van der Waals surface area contributed by atoms with Gasteiger partial charge in [0.25, 0.3) is 11.8 Å². The van der Waals surface area contributed by atoms with Gasteiger partial charge in [0.05, 0.1) is 6.26 Å². The van der Waals surface area contributed by atoms with E-state index in [2.05, 4.69) is 10.6 Å². The number of carbonyl (C=O) groups is 2. The van der Waals surface area contributed by atoms with Gasteiger partial charge in [-0.2, -0.15) is 0 Å². The van der Waals surface area contributed by atoms with Crippen LogP contribution < -0.4 is 10.6 Å². The van der Waals surface area contributed by atoms with Crippen LogP contribution in [-0.4, -0.2) is 18.4 Å². The third-order valence-electron chi connectivity index (χ3n) is 3.84. The first-order valence-corrected chi connectivity index (χ1v) is 8.95. The molecule has 0 aliphatic carbocycles. The van der Waals surface area contributed by atoms with E-state index in [1.54, 1.807) is 48.5 Å². The monoisotopic (exact) mass is 402 g/mol. The lowest BCUT2D eigenvalue weighted by Gasteiger charge is -2.08. The minimum atomic E-state index is -0.350. The summed E-state index contributed by atoms with van der Waals surface area (Å²) < 4.78 is 5.03. The minimum absolute atomic E-state index is 0.205. The van der Waals surface area contributed by atoms with Crippen molar-refractivity contribution in [3.8, 4) is 0 Å². The van der Waals surface area contributed by atoms with E-state index in [0.29, 0.717) is 34.3 Å². The molecule has 138 valence electrons. The van der Waals surface area contributed by atoms with Gasteiger partial charge in [0, 0.05) is 27.8 Å². The second-order valence-corrected chi connectivity index (χ2v) is 6.59. The molecule has 0 bridgehead atoms. The standard InChI is InChI=1S/C20H16Cl2N2O3/c21-15-6-3-13(17(22)12-15)9-10-23-19(25)14-4-7-16(8-5-14)24-20(26)18-2-1-11-27-18/h1-8,11-12H,9-10H2,(H,23,25)(H,24,26). The lowest BCUT2D eigenvalue weighted by atomic mass is 10.1. The van der Waals surface area contributed by atoms with Crippen LogP contribution in [0.4, 0.5) is 5.69 Å². The zero-order chi connectivity index (χ0) is 19.2. The molecule has 0 aliphatic heterocycles. The van der Waals surface area contributed by atoms with Crippen LogP contribution in [0.5, 0.6) is 0 Å². The molecular formula is C20H16Cl2N2O3. The molecule has 0 fully saturated rings. The summed E-state index contributed by atoms with van der Waals surface area (Å²) >= 11 is 12.0. The van der Waals surface area contributed by atoms with Crippen molar-refractivity contribution in [2.75, 3.05) is 11.9 Å². The van der Waals surface area contributed by atoms with Crippen LogP contribution in [-0.2, 0) is 6.42 Å². The van der Waals surface area contributed by atoms with Gasteiger partial charge in [-0.3, -0.25) is 9.59 Å². The Labute approximate surface area is 166 Å². The molecule has 1 aromatic heterocycles. The molecule has 3 rings (SSSR count). The third kappa shape index (κ3) is 5.12. The number of nitrogens with one attached hydrogen (secondary N) is 2. The summed E-state index contributed by atoms with van der Waals surface area (Å²) in [4.78, 5) is 24.1. The first kappa shape index (κ1) is 19.0. The molecule has 0 radical (unpaired) electrons. The van der Waals surface area contributed by atoms with Gasteiger partial charge >= 0.3 is 0 Å². The maximum Gasteiger partial charge on any atom is 0.291 e. The van der Waals surface area contributed by atoms with E-state index in [0.717, 1.165) is 5.56 Å². The van der Waals surface area contributed by atoms with Crippen molar-refractivity contribution in [3.05, 3.63) is 87.8 Å². The fraction of sp³-hybridized carbons (Fsp3) is 0.100. The maximum absolute atomic E-state index is 12.2. The Morgan fingerprint density at radius 1 is 0.963 bits per heavy atom. The fourth-order valence-corrected chi connectivity index (χ4v) is 2.95. The Balaban J connectivity index is 1.52. The quantitative estimate of drug-likeness (QED) is 0.621. The summed E-state index contributed by atoms with van der Waals surface area (Å²) in [6.07, 6.45) is 2.03. The number of rotatable bonds is 6. The number of benzene rings is 2. The van der Waals surface area contributed by atoms with Crippen molar-refractivity contribution in [2.24, 2.45) is 0 Å². The molecule has 0 spiro atoms. The highest BCUT2D eigenvalue weighted by Crippen LogP contribution is 2.21. The number of hydrogen-bond acceptors (Lipinski definition) is 3. The van der Waals surface area contributed by atoms with Crippen molar-refractivity contribution < 1.29 is 14.0 Å². The highest BCUT2D eigenvalue weighted by molar-refractivity contribution is 6.35. The molecule has 2 amide bonds. The van der Waals surface area contributed by atoms with Crippen molar-refractivity contribution >= 4 is 40.7 Å². The SMILES string of the molecule is O=C(NCCc1ccc(Cl)cc1Cl)c1ccc(NC(=O)c2ccco2)cc1. The van der Waals surface area contributed by atoms with E-state index >= 15 is 0 Å². The summed E-state index contributed by atoms with van der Waals surface area (Å²) in [5.74, 6) is -0.335. The van der Waals surface area contributed by atoms with E-state index in [-0.39, 0.29) is 17.6 Å². The molecule has 1 heterocycles. The van der Waals surface area contributed by atoms with Gasteiger partial charge in [0.1, 0.15) is 0 Å². The Kier molecular flexibility index (Phi) is 6.16. The Morgan fingerprint density at radius 2 is 1.74 bits per heavy atom. The predicted octanol–water partition coefficient (Wildman–Crippen LogP) is 4.81. The zero-order valence-electron chi connectivity index (χ0n) is 14.2. The molecule has 0 aliphatic rings. The minimum Gasteiger partial charge on any atom is -0.459 e. The Hall–Kier alpha value is -2.76. The highest BCUT2D eigenvalue weighted by atomic mass is 35.5. The lowest BCUT2D eigenvalue weighted by Crippen LogP contribution is -2.25. The van der Waals surface area contributed by atoms with Crippen LogP contribution >= 0.6 is 23.2 Å². The van der Waals surface area contributed by atoms with Gasteiger partial charge < -0.3 is 15.1 Å². The highest BCUT2D eigenvalue weighted by Gasteiger charge is 2.10. The summed E-state index contributed by atoms with van der Waals surface area (Å²) in [6.45, 7) is 0.442. The third-order valence-corrected chi connectivity index (χ3v) is 4.43. The van der Waals surface area contributed by atoms with Crippen LogP contribution in [0.1, 0.15) is 26.5 Å². The summed E-state index contributed by atoms with van der Waals surface area (Å²) in [7, 11) is 0. The molecule has 3 aromatic rings. The number of carbonyl (C=O) groups excluding carboxylic acids is 2. The number of halogens is 2. The Bertz CT molecular complexity index is 938. The van der Waals surface area contributed by atoms with Crippen LogP contribution in [0.2, 0.25) is 10.0 Å². The van der Waals surface area contributed by atoms with Crippen LogP contribution in [0.25, 0.3) is 0 Å². The summed E-state index contributed by atoms with van der Waals surface area (Å²) in [6, 6.07) is 15.1. The van der Waals surface area contributed by atoms with Gasteiger partial charge in [0.2, 0.25) is 0 Å². The van der Waals surface area contributed by atoms with Crippen LogP contribution in [0, 0.1) is 0 Å². The van der Waals surface area contributed by atoms with E-state index in [1.807, 2.05) is 6.07 Å². The molecule has 0 unspecified atom stereocenters. The summed E-state index contributed by atoms with van der Waals surface area (Å²) in [5.41, 5.74) is 1.98. The topological polar surface area (TPSA) is 71.3 Å². The number of furan rings is 1. The largest absolute Gasteiger partial charge is 0.459 e. The van der Waals surface area contributed by atoms with E-state index in [9.17, 15) is 9.59 Å².